The van der Waals surface area contributed by atoms with Gasteiger partial charge in [0.2, 0.25) is 11.8 Å². The van der Waals surface area contributed by atoms with Crippen LogP contribution in [0, 0.1) is 13.8 Å². The summed E-state index contributed by atoms with van der Waals surface area (Å²) in [7, 11) is 0. The van der Waals surface area contributed by atoms with Gasteiger partial charge in [-0.3, -0.25) is 9.59 Å². The molecule has 0 bridgehead atoms. The summed E-state index contributed by atoms with van der Waals surface area (Å²) in [5, 5.41) is 15.6. The Labute approximate surface area is 245 Å². The molecule has 2 aromatic carbocycles. The maximum Gasteiger partial charge on any atom is 0.408 e. The van der Waals surface area contributed by atoms with Crippen molar-refractivity contribution < 1.29 is 24.2 Å². The average molecular weight is 568 g/mol. The first-order valence-corrected chi connectivity index (χ1v) is 14.7. The second kappa shape index (κ2) is 15.5. The maximum atomic E-state index is 14.5. The van der Waals surface area contributed by atoms with Gasteiger partial charge in [0, 0.05) is 19.0 Å². The number of aromatic hydroxyl groups is 1. The number of benzene rings is 2. The van der Waals surface area contributed by atoms with Gasteiger partial charge in [0.25, 0.3) is 0 Å². The van der Waals surface area contributed by atoms with Gasteiger partial charge in [-0.25, -0.2) is 4.79 Å². The van der Waals surface area contributed by atoms with Crippen LogP contribution in [0.2, 0.25) is 0 Å². The van der Waals surface area contributed by atoms with Crippen LogP contribution >= 0.6 is 0 Å². The molecule has 226 valence electrons. The van der Waals surface area contributed by atoms with Crippen LogP contribution in [0.4, 0.5) is 4.79 Å². The molecule has 0 aromatic heterocycles. The number of nitrogens with zero attached hydrogens (tertiary/aromatic N) is 1. The number of ether oxygens (including phenoxy) is 1. The molecule has 2 rings (SSSR count). The van der Waals surface area contributed by atoms with Crippen LogP contribution in [0.5, 0.6) is 5.75 Å². The fraction of sp³-hybridized carbons (Fsp3) is 0.545. The highest BCUT2D eigenvalue weighted by Crippen LogP contribution is 2.28. The topological polar surface area (TPSA) is 108 Å². The Balaban J connectivity index is 2.60. The summed E-state index contributed by atoms with van der Waals surface area (Å²) in [6, 6.07) is 10.4. The van der Waals surface area contributed by atoms with E-state index in [2.05, 4.69) is 17.6 Å². The number of hydrogen-bond donors (Lipinski definition) is 3. The number of unbranched alkanes of at least 4 members (excludes halogenated alkanes) is 3. The Morgan fingerprint density at radius 1 is 0.951 bits per heavy atom. The lowest BCUT2D eigenvalue weighted by molar-refractivity contribution is -0.142. The minimum atomic E-state index is -0.999. The van der Waals surface area contributed by atoms with Crippen LogP contribution < -0.4 is 10.6 Å². The van der Waals surface area contributed by atoms with Crippen molar-refractivity contribution in [2.45, 2.75) is 111 Å². The summed E-state index contributed by atoms with van der Waals surface area (Å²) < 4.78 is 5.51. The molecule has 8 nitrogen and oxygen atoms in total. The Hall–Kier alpha value is -3.55. The minimum absolute atomic E-state index is 0.106. The highest BCUT2D eigenvalue weighted by molar-refractivity contribution is 5.92. The van der Waals surface area contributed by atoms with Gasteiger partial charge in [-0.15, -0.1) is 0 Å². The molecule has 2 aromatic rings. The van der Waals surface area contributed by atoms with Crippen molar-refractivity contribution in [3.05, 3.63) is 64.7 Å². The zero-order valence-corrected chi connectivity index (χ0v) is 26.0. The third kappa shape index (κ3) is 11.1. The van der Waals surface area contributed by atoms with Crippen LogP contribution in [0.3, 0.4) is 0 Å². The van der Waals surface area contributed by atoms with Crippen molar-refractivity contribution in [1.82, 2.24) is 15.5 Å². The van der Waals surface area contributed by atoms with Crippen LogP contribution in [-0.2, 0) is 20.7 Å². The quantitative estimate of drug-likeness (QED) is 0.253. The molecule has 0 saturated carbocycles. The molecule has 2 atom stereocenters. The zero-order chi connectivity index (χ0) is 30.7. The summed E-state index contributed by atoms with van der Waals surface area (Å²) in [5.74, 6) is -0.532. The molecule has 3 N–H and O–H groups in total. The van der Waals surface area contributed by atoms with E-state index >= 15 is 0 Å². The van der Waals surface area contributed by atoms with Crippen molar-refractivity contribution >= 4 is 17.9 Å². The van der Waals surface area contributed by atoms with E-state index in [4.69, 9.17) is 4.74 Å². The van der Waals surface area contributed by atoms with Gasteiger partial charge in [0.1, 0.15) is 23.4 Å². The lowest BCUT2D eigenvalue weighted by atomic mass is 9.95. The average Bonchev–Trinajstić information content (AvgIpc) is 2.85. The van der Waals surface area contributed by atoms with E-state index in [1.807, 2.05) is 45.9 Å². The first-order chi connectivity index (χ1) is 19.2. The predicted molar refractivity (Wildman–Crippen MR) is 163 cm³/mol. The van der Waals surface area contributed by atoms with E-state index in [-0.39, 0.29) is 30.0 Å². The summed E-state index contributed by atoms with van der Waals surface area (Å²) in [6.45, 7) is 15.5. The standard InChI is InChI=1S/C33H49N3O5/c1-9-10-11-12-19-36(29(30(38)34-22(2)3)27-18-13-23(4)20-24(27)5)31(39)28(35-32(40)41-33(6,7)8)21-25-14-16-26(37)17-15-25/h13-18,20,22,28-29,37H,9-12,19,21H2,1-8H3,(H,34,38)(H,35,40). The van der Waals surface area contributed by atoms with Gasteiger partial charge < -0.3 is 25.4 Å². The summed E-state index contributed by atoms with van der Waals surface area (Å²) in [4.78, 5) is 42.8. The van der Waals surface area contributed by atoms with E-state index < -0.39 is 23.8 Å². The molecule has 3 amide bonds. The molecule has 8 heteroatoms. The second-order valence-corrected chi connectivity index (χ2v) is 12.1. The maximum absolute atomic E-state index is 14.5. The van der Waals surface area contributed by atoms with E-state index in [9.17, 15) is 19.5 Å². The number of aryl methyl sites for hydroxylation is 2. The molecular weight excluding hydrogens is 518 g/mol. The van der Waals surface area contributed by atoms with Crippen LogP contribution in [-0.4, -0.2) is 52.1 Å². The van der Waals surface area contributed by atoms with Gasteiger partial charge in [-0.05, 0) is 83.7 Å². The Kier molecular flexibility index (Phi) is 12.7. The van der Waals surface area contributed by atoms with Crippen LogP contribution in [0.15, 0.2) is 42.5 Å². The summed E-state index contributed by atoms with van der Waals surface area (Å²) in [6.07, 6.45) is 3.13. The monoisotopic (exact) mass is 567 g/mol. The van der Waals surface area contributed by atoms with Crippen molar-refractivity contribution in [2.75, 3.05) is 6.54 Å². The first-order valence-electron chi connectivity index (χ1n) is 14.7. The zero-order valence-electron chi connectivity index (χ0n) is 26.0. The number of carbonyl (C=O) groups is 3. The number of nitrogens with one attached hydrogen (secondary N) is 2. The molecule has 0 saturated heterocycles. The van der Waals surface area contributed by atoms with Crippen LogP contribution in [0.25, 0.3) is 0 Å². The second-order valence-electron chi connectivity index (χ2n) is 12.1. The largest absolute Gasteiger partial charge is 0.508 e. The number of rotatable bonds is 13. The predicted octanol–water partition coefficient (Wildman–Crippen LogP) is 6.12. The number of amides is 3. The Morgan fingerprint density at radius 2 is 1.61 bits per heavy atom. The number of carbonyl (C=O) groups excluding carboxylic acids is 3. The molecule has 0 spiro atoms. The molecule has 0 aliphatic rings. The first kappa shape index (κ1) is 33.7. The van der Waals surface area contributed by atoms with Crippen molar-refractivity contribution in [2.24, 2.45) is 0 Å². The van der Waals surface area contributed by atoms with Gasteiger partial charge in [0.15, 0.2) is 0 Å². The third-order valence-electron chi connectivity index (χ3n) is 6.61. The van der Waals surface area contributed by atoms with E-state index in [1.165, 1.54) is 0 Å². The smallest absolute Gasteiger partial charge is 0.408 e. The SMILES string of the molecule is CCCCCCN(C(=O)C(Cc1ccc(O)cc1)NC(=O)OC(C)(C)C)C(C(=O)NC(C)C)c1ccc(C)cc1C. The molecule has 0 fully saturated rings. The highest BCUT2D eigenvalue weighted by atomic mass is 16.6. The molecule has 2 unspecified atom stereocenters. The number of phenolic OH excluding ortho intramolecular Hbond substituents is 1. The number of phenols is 1. The normalized spacial score (nSPS) is 12.9. The molecular formula is C33H49N3O5. The Bertz CT molecular complexity index is 1150. The van der Waals surface area contributed by atoms with Gasteiger partial charge in [-0.1, -0.05) is 62.1 Å². The van der Waals surface area contributed by atoms with E-state index in [1.54, 1.807) is 49.9 Å². The molecule has 41 heavy (non-hydrogen) atoms. The van der Waals surface area contributed by atoms with Crippen LogP contribution in [0.1, 0.15) is 95.5 Å². The Morgan fingerprint density at radius 3 is 2.17 bits per heavy atom. The van der Waals surface area contributed by atoms with E-state index in [0.29, 0.717) is 13.0 Å². The van der Waals surface area contributed by atoms with Gasteiger partial charge in [-0.2, -0.15) is 0 Å². The number of alkyl carbamates (subject to hydrolysis) is 1. The summed E-state index contributed by atoms with van der Waals surface area (Å²) >= 11 is 0. The van der Waals surface area contributed by atoms with Crippen molar-refractivity contribution in [3.63, 3.8) is 0 Å². The van der Waals surface area contributed by atoms with E-state index in [0.717, 1.165) is 41.5 Å². The minimum Gasteiger partial charge on any atom is -0.508 e. The van der Waals surface area contributed by atoms with Crippen molar-refractivity contribution in [3.8, 4) is 5.75 Å². The van der Waals surface area contributed by atoms with Gasteiger partial charge >= 0.3 is 6.09 Å². The molecule has 0 radical (unpaired) electrons. The van der Waals surface area contributed by atoms with Gasteiger partial charge in [0.05, 0.1) is 0 Å². The lowest BCUT2D eigenvalue weighted by Gasteiger charge is -2.35. The van der Waals surface area contributed by atoms with Crippen molar-refractivity contribution in [1.29, 1.82) is 0 Å². The molecule has 0 aliphatic heterocycles. The fourth-order valence-corrected chi connectivity index (χ4v) is 4.74. The molecule has 0 heterocycles. The highest BCUT2D eigenvalue weighted by Gasteiger charge is 2.37. The summed E-state index contributed by atoms with van der Waals surface area (Å²) in [5.41, 5.74) is 2.72. The lowest BCUT2D eigenvalue weighted by Crippen LogP contribution is -2.54. The third-order valence-corrected chi connectivity index (χ3v) is 6.61. The number of hydrogen-bond acceptors (Lipinski definition) is 5. The fourth-order valence-electron chi connectivity index (χ4n) is 4.74. The molecule has 0 aliphatic carbocycles.